The molecule has 1 aliphatic carbocycles. The van der Waals surface area contributed by atoms with Gasteiger partial charge in [-0.15, -0.1) is 0 Å². The van der Waals surface area contributed by atoms with E-state index in [-0.39, 0.29) is 23.6 Å². The van der Waals surface area contributed by atoms with Crippen molar-refractivity contribution in [2.75, 3.05) is 43.4 Å². The van der Waals surface area contributed by atoms with Crippen LogP contribution in [0.2, 0.25) is 0 Å². The molecular weight excluding hydrogens is 329 g/mol. The summed E-state index contributed by atoms with van der Waals surface area (Å²) in [5.41, 5.74) is 3.01. The average Bonchev–Trinajstić information content (AvgIpc) is 3.45. The number of carbonyl (C=O) groups excluding carboxylic acids is 1. The summed E-state index contributed by atoms with van der Waals surface area (Å²) >= 11 is 0. The monoisotopic (exact) mass is 353 g/mol. The van der Waals surface area contributed by atoms with E-state index in [1.54, 1.807) is 12.1 Å². The van der Waals surface area contributed by atoms with Crippen molar-refractivity contribution in [2.24, 2.45) is 5.92 Å². The molecule has 2 aromatic rings. The third-order valence-corrected chi connectivity index (χ3v) is 5.43. The molecule has 4 rings (SSSR count). The standard InChI is InChI=1S/C21H24FN3O/c1-24-10-12-25(13-11-24)20-5-3-2-4-19(20)23-21(26)18-14-17(18)15-6-8-16(22)9-7-15/h2-9,17-18H,10-14H2,1H3,(H,23,26). The van der Waals surface area contributed by atoms with Crippen LogP contribution in [0.15, 0.2) is 48.5 Å². The third-order valence-electron chi connectivity index (χ3n) is 5.43. The van der Waals surface area contributed by atoms with Crippen molar-refractivity contribution >= 4 is 17.3 Å². The summed E-state index contributed by atoms with van der Waals surface area (Å²) in [6.45, 7) is 3.98. The van der Waals surface area contributed by atoms with E-state index in [0.29, 0.717) is 0 Å². The van der Waals surface area contributed by atoms with Crippen LogP contribution in [0.4, 0.5) is 15.8 Å². The third kappa shape index (κ3) is 3.58. The number of hydrogen-bond acceptors (Lipinski definition) is 3. The lowest BCUT2D eigenvalue weighted by Crippen LogP contribution is -2.44. The highest BCUT2D eigenvalue weighted by molar-refractivity contribution is 5.98. The number of likely N-dealkylation sites (N-methyl/N-ethyl adjacent to an activating group) is 1. The first kappa shape index (κ1) is 17.0. The Morgan fingerprint density at radius 3 is 2.46 bits per heavy atom. The van der Waals surface area contributed by atoms with Crippen LogP contribution in [0.3, 0.4) is 0 Å². The van der Waals surface area contributed by atoms with Crippen molar-refractivity contribution in [3.63, 3.8) is 0 Å². The summed E-state index contributed by atoms with van der Waals surface area (Å²) in [6, 6.07) is 14.5. The van der Waals surface area contributed by atoms with Crippen molar-refractivity contribution in [1.82, 2.24) is 4.90 Å². The van der Waals surface area contributed by atoms with Gasteiger partial charge < -0.3 is 15.1 Å². The van der Waals surface area contributed by atoms with E-state index in [2.05, 4.69) is 28.2 Å². The molecule has 4 nitrogen and oxygen atoms in total. The molecule has 26 heavy (non-hydrogen) atoms. The Kier molecular flexibility index (Phi) is 4.64. The molecule has 1 aliphatic heterocycles. The average molecular weight is 353 g/mol. The number of hydrogen-bond donors (Lipinski definition) is 1. The number of amides is 1. The van der Waals surface area contributed by atoms with Crippen LogP contribution in [0.25, 0.3) is 0 Å². The topological polar surface area (TPSA) is 35.6 Å². The first-order valence-electron chi connectivity index (χ1n) is 9.20. The predicted molar refractivity (Wildman–Crippen MR) is 102 cm³/mol. The maximum atomic E-state index is 13.1. The summed E-state index contributed by atoms with van der Waals surface area (Å²) in [7, 11) is 2.13. The molecule has 0 bridgehead atoms. The zero-order chi connectivity index (χ0) is 18.1. The number of anilines is 2. The van der Waals surface area contributed by atoms with Crippen molar-refractivity contribution in [2.45, 2.75) is 12.3 Å². The van der Waals surface area contributed by atoms with Crippen LogP contribution in [-0.4, -0.2) is 44.0 Å². The Balaban J connectivity index is 1.43. The SMILES string of the molecule is CN1CCN(c2ccccc2NC(=O)C2CC2c2ccc(F)cc2)CC1. The number of rotatable bonds is 4. The molecular formula is C21H24FN3O. The molecule has 1 saturated heterocycles. The zero-order valence-electron chi connectivity index (χ0n) is 15.0. The van der Waals surface area contributed by atoms with Crippen molar-refractivity contribution < 1.29 is 9.18 Å². The fraction of sp³-hybridized carbons (Fsp3) is 0.381. The number of halogens is 1. The first-order valence-corrected chi connectivity index (χ1v) is 9.20. The summed E-state index contributed by atoms with van der Waals surface area (Å²) in [6.07, 6.45) is 0.828. The van der Waals surface area contributed by atoms with Crippen molar-refractivity contribution in [1.29, 1.82) is 0 Å². The number of nitrogens with zero attached hydrogens (tertiary/aromatic N) is 2. The fourth-order valence-corrected chi connectivity index (χ4v) is 3.69. The van der Waals surface area contributed by atoms with E-state index >= 15 is 0 Å². The summed E-state index contributed by atoms with van der Waals surface area (Å²) in [5, 5.41) is 3.12. The molecule has 2 aliphatic rings. The molecule has 1 saturated carbocycles. The minimum absolute atomic E-state index is 0.0268. The molecule has 136 valence electrons. The zero-order valence-corrected chi connectivity index (χ0v) is 15.0. The van der Waals surface area contributed by atoms with Crippen LogP contribution < -0.4 is 10.2 Å². The second-order valence-corrected chi connectivity index (χ2v) is 7.30. The largest absolute Gasteiger partial charge is 0.367 e. The highest BCUT2D eigenvalue weighted by Gasteiger charge is 2.44. The first-order chi connectivity index (χ1) is 12.6. The fourth-order valence-electron chi connectivity index (χ4n) is 3.69. The van der Waals surface area contributed by atoms with Crippen LogP contribution in [0.1, 0.15) is 17.9 Å². The molecule has 2 aromatic carbocycles. The normalized spacial score (nSPS) is 22.9. The molecule has 0 aromatic heterocycles. The molecule has 2 unspecified atom stereocenters. The molecule has 0 radical (unpaired) electrons. The van der Waals surface area contributed by atoms with Gasteiger partial charge in [-0.3, -0.25) is 4.79 Å². The van der Waals surface area contributed by atoms with Gasteiger partial charge in [0.25, 0.3) is 0 Å². The summed E-state index contributed by atoms with van der Waals surface area (Å²) < 4.78 is 13.1. The summed E-state index contributed by atoms with van der Waals surface area (Å²) in [5.74, 6) is -0.00943. The van der Waals surface area contributed by atoms with Gasteiger partial charge in [0, 0.05) is 32.1 Å². The summed E-state index contributed by atoms with van der Waals surface area (Å²) in [4.78, 5) is 17.3. The second-order valence-electron chi connectivity index (χ2n) is 7.30. The van der Waals surface area contributed by atoms with Crippen molar-refractivity contribution in [3.8, 4) is 0 Å². The highest BCUT2D eigenvalue weighted by atomic mass is 19.1. The lowest BCUT2D eigenvalue weighted by atomic mass is 10.1. The van der Waals surface area contributed by atoms with E-state index in [1.165, 1.54) is 12.1 Å². The van der Waals surface area contributed by atoms with Gasteiger partial charge in [0.15, 0.2) is 0 Å². The van der Waals surface area contributed by atoms with E-state index in [9.17, 15) is 9.18 Å². The van der Waals surface area contributed by atoms with E-state index in [0.717, 1.165) is 49.5 Å². The van der Waals surface area contributed by atoms with Crippen LogP contribution in [0.5, 0.6) is 0 Å². The highest BCUT2D eigenvalue weighted by Crippen LogP contribution is 2.48. The Morgan fingerprint density at radius 2 is 1.73 bits per heavy atom. The maximum absolute atomic E-state index is 13.1. The minimum atomic E-state index is -0.239. The van der Waals surface area contributed by atoms with E-state index in [4.69, 9.17) is 0 Å². The molecule has 5 heteroatoms. The number of benzene rings is 2. The van der Waals surface area contributed by atoms with Crippen LogP contribution in [0, 0.1) is 11.7 Å². The van der Waals surface area contributed by atoms with Crippen LogP contribution in [-0.2, 0) is 4.79 Å². The van der Waals surface area contributed by atoms with Gasteiger partial charge in [0.2, 0.25) is 5.91 Å². The second kappa shape index (κ2) is 7.08. The van der Waals surface area contributed by atoms with Gasteiger partial charge in [-0.1, -0.05) is 24.3 Å². The van der Waals surface area contributed by atoms with E-state index in [1.807, 2.05) is 18.2 Å². The van der Waals surface area contributed by atoms with Gasteiger partial charge >= 0.3 is 0 Å². The van der Waals surface area contributed by atoms with E-state index < -0.39 is 0 Å². The molecule has 1 amide bonds. The molecule has 1 N–H and O–H groups in total. The Bertz CT molecular complexity index is 784. The molecule has 2 fully saturated rings. The Hall–Kier alpha value is -2.40. The lowest BCUT2D eigenvalue weighted by Gasteiger charge is -2.35. The van der Waals surface area contributed by atoms with Gasteiger partial charge in [-0.05, 0) is 49.2 Å². The predicted octanol–water partition coefficient (Wildman–Crippen LogP) is 3.32. The van der Waals surface area contributed by atoms with Gasteiger partial charge in [0.1, 0.15) is 5.82 Å². The van der Waals surface area contributed by atoms with Gasteiger partial charge in [0.05, 0.1) is 11.4 Å². The quantitative estimate of drug-likeness (QED) is 0.916. The molecule has 0 spiro atoms. The lowest BCUT2D eigenvalue weighted by molar-refractivity contribution is -0.117. The minimum Gasteiger partial charge on any atom is -0.367 e. The maximum Gasteiger partial charge on any atom is 0.228 e. The Labute approximate surface area is 153 Å². The Morgan fingerprint density at radius 1 is 1.04 bits per heavy atom. The number of nitrogens with one attached hydrogen (secondary N) is 1. The smallest absolute Gasteiger partial charge is 0.228 e. The van der Waals surface area contributed by atoms with Crippen LogP contribution >= 0.6 is 0 Å². The van der Waals surface area contributed by atoms with Gasteiger partial charge in [-0.2, -0.15) is 0 Å². The number of para-hydroxylation sites is 2. The van der Waals surface area contributed by atoms with Crippen molar-refractivity contribution in [3.05, 3.63) is 59.9 Å². The molecule has 1 heterocycles. The number of piperazine rings is 1. The van der Waals surface area contributed by atoms with Gasteiger partial charge in [-0.25, -0.2) is 4.39 Å². The molecule has 2 atom stereocenters. The number of carbonyl (C=O) groups is 1.